The van der Waals surface area contributed by atoms with Crippen molar-refractivity contribution in [3.63, 3.8) is 0 Å². The molecule has 0 unspecified atom stereocenters. The van der Waals surface area contributed by atoms with Crippen molar-refractivity contribution in [3.05, 3.63) is 16.3 Å². The van der Waals surface area contributed by atoms with Crippen LogP contribution in [0.15, 0.2) is 5.16 Å². The van der Waals surface area contributed by atoms with Crippen LogP contribution in [0.5, 0.6) is 0 Å². The number of aryl methyl sites for hydroxylation is 2. The molecule has 0 aromatic carbocycles. The van der Waals surface area contributed by atoms with E-state index in [4.69, 9.17) is 9.72 Å². The maximum absolute atomic E-state index is 12.5. The fraction of sp³-hybridized carbons (Fsp3) is 0.556. The van der Waals surface area contributed by atoms with E-state index in [1.165, 1.54) is 22.2 Å². The molecule has 0 spiro atoms. The first-order valence-electron chi connectivity index (χ1n) is 9.10. The molecule has 1 saturated heterocycles. The van der Waals surface area contributed by atoms with Gasteiger partial charge in [0, 0.05) is 23.9 Å². The van der Waals surface area contributed by atoms with E-state index >= 15 is 0 Å². The van der Waals surface area contributed by atoms with Crippen molar-refractivity contribution in [2.75, 3.05) is 32.1 Å². The molecule has 27 heavy (non-hydrogen) atoms. The second kappa shape index (κ2) is 7.37. The number of aromatic nitrogens is 4. The Morgan fingerprint density at radius 1 is 1.26 bits per heavy atom. The number of hydrogen-bond acceptors (Lipinski definition) is 7. The maximum atomic E-state index is 12.5. The lowest BCUT2D eigenvalue weighted by Gasteiger charge is -2.26. The Morgan fingerprint density at radius 3 is 2.70 bits per heavy atom. The predicted molar refractivity (Wildman–Crippen MR) is 108 cm³/mol. The standard InChI is InChI=1S/C18H23N5O2S2/c1-10(2)15-19-17-14(11(3)12(4)27-17)16-20-21-18(23(15)16)26-9-13(24)22-5-7-25-8-6-22/h10H,5-9H2,1-4H3. The van der Waals surface area contributed by atoms with Crippen molar-refractivity contribution in [3.8, 4) is 0 Å². The van der Waals surface area contributed by atoms with Crippen molar-refractivity contribution in [2.24, 2.45) is 0 Å². The van der Waals surface area contributed by atoms with Gasteiger partial charge in [0.15, 0.2) is 10.8 Å². The first kappa shape index (κ1) is 18.6. The van der Waals surface area contributed by atoms with Gasteiger partial charge in [-0.05, 0) is 19.4 Å². The molecule has 1 amide bonds. The van der Waals surface area contributed by atoms with E-state index in [9.17, 15) is 4.79 Å². The number of hydrogen-bond donors (Lipinski definition) is 0. The third-order valence-electron chi connectivity index (χ3n) is 4.87. The summed E-state index contributed by atoms with van der Waals surface area (Å²) >= 11 is 3.13. The minimum atomic E-state index is 0.114. The predicted octanol–water partition coefficient (Wildman–Crippen LogP) is 3.03. The van der Waals surface area contributed by atoms with Crippen molar-refractivity contribution in [1.29, 1.82) is 0 Å². The van der Waals surface area contributed by atoms with Gasteiger partial charge >= 0.3 is 0 Å². The second-order valence-corrected chi connectivity index (χ2v) is 9.16. The molecule has 3 aromatic heterocycles. The Morgan fingerprint density at radius 2 is 2.00 bits per heavy atom. The number of morpholine rings is 1. The highest BCUT2D eigenvalue weighted by Gasteiger charge is 2.22. The minimum Gasteiger partial charge on any atom is -0.378 e. The molecule has 4 heterocycles. The Labute approximate surface area is 166 Å². The van der Waals surface area contributed by atoms with Gasteiger partial charge in [-0.15, -0.1) is 21.5 Å². The first-order valence-corrected chi connectivity index (χ1v) is 10.9. The van der Waals surface area contributed by atoms with Crippen LogP contribution >= 0.6 is 23.1 Å². The first-order chi connectivity index (χ1) is 13.0. The average Bonchev–Trinajstić information content (AvgIpc) is 3.20. The Bertz CT molecular complexity index is 1000. The fourth-order valence-electron chi connectivity index (χ4n) is 3.25. The van der Waals surface area contributed by atoms with Crippen LogP contribution in [0.3, 0.4) is 0 Å². The highest BCUT2D eigenvalue weighted by molar-refractivity contribution is 7.99. The maximum Gasteiger partial charge on any atom is 0.233 e. The lowest BCUT2D eigenvalue weighted by Crippen LogP contribution is -2.41. The smallest absolute Gasteiger partial charge is 0.233 e. The third kappa shape index (κ3) is 3.32. The fourth-order valence-corrected chi connectivity index (χ4v) is 5.13. The van der Waals surface area contributed by atoms with E-state index in [-0.39, 0.29) is 11.8 Å². The number of carbonyl (C=O) groups excluding carboxylic acids is 1. The minimum absolute atomic E-state index is 0.114. The summed E-state index contributed by atoms with van der Waals surface area (Å²) in [5.41, 5.74) is 2.04. The second-order valence-electron chi connectivity index (χ2n) is 7.01. The summed E-state index contributed by atoms with van der Waals surface area (Å²) in [5.74, 6) is 1.62. The summed E-state index contributed by atoms with van der Waals surface area (Å²) in [5, 5.41) is 10.7. The summed E-state index contributed by atoms with van der Waals surface area (Å²) in [6.07, 6.45) is 0. The molecular weight excluding hydrogens is 382 g/mol. The van der Waals surface area contributed by atoms with Gasteiger partial charge in [-0.1, -0.05) is 25.6 Å². The van der Waals surface area contributed by atoms with Crippen LogP contribution in [0, 0.1) is 13.8 Å². The van der Waals surface area contributed by atoms with Crippen LogP contribution in [0.4, 0.5) is 0 Å². The van der Waals surface area contributed by atoms with Gasteiger partial charge in [0.05, 0.1) is 24.4 Å². The van der Waals surface area contributed by atoms with Gasteiger partial charge < -0.3 is 9.64 Å². The number of thioether (sulfide) groups is 1. The molecule has 0 atom stereocenters. The zero-order valence-electron chi connectivity index (χ0n) is 16.0. The van der Waals surface area contributed by atoms with Crippen LogP contribution < -0.4 is 0 Å². The topological polar surface area (TPSA) is 72.6 Å². The highest BCUT2D eigenvalue weighted by Crippen LogP contribution is 2.34. The van der Waals surface area contributed by atoms with Crippen molar-refractivity contribution >= 4 is 44.9 Å². The van der Waals surface area contributed by atoms with E-state index in [1.54, 1.807) is 11.3 Å². The Kier molecular flexibility index (Phi) is 5.09. The quantitative estimate of drug-likeness (QED) is 0.621. The third-order valence-corrected chi connectivity index (χ3v) is 6.89. The van der Waals surface area contributed by atoms with Crippen molar-refractivity contribution in [2.45, 2.75) is 38.8 Å². The van der Waals surface area contributed by atoms with Crippen LogP contribution in [-0.4, -0.2) is 62.4 Å². The molecule has 4 rings (SSSR count). The van der Waals surface area contributed by atoms with Gasteiger partial charge in [0.25, 0.3) is 0 Å². The number of rotatable bonds is 4. The zero-order valence-corrected chi connectivity index (χ0v) is 17.6. The van der Waals surface area contributed by atoms with E-state index in [0.29, 0.717) is 32.1 Å². The van der Waals surface area contributed by atoms with Crippen molar-refractivity contribution in [1.82, 2.24) is 24.5 Å². The number of fused-ring (bicyclic) bond motifs is 3. The molecule has 144 valence electrons. The van der Waals surface area contributed by atoms with Gasteiger partial charge in [-0.2, -0.15) is 0 Å². The zero-order chi connectivity index (χ0) is 19.1. The number of amides is 1. The van der Waals surface area contributed by atoms with Crippen LogP contribution in [0.25, 0.3) is 15.9 Å². The van der Waals surface area contributed by atoms with E-state index in [1.807, 2.05) is 9.30 Å². The number of nitrogens with zero attached hydrogens (tertiary/aromatic N) is 5. The summed E-state index contributed by atoms with van der Waals surface area (Å²) in [7, 11) is 0. The van der Waals surface area contributed by atoms with Crippen LogP contribution in [0.1, 0.15) is 36.0 Å². The average molecular weight is 406 g/mol. The van der Waals surface area contributed by atoms with Crippen molar-refractivity contribution < 1.29 is 9.53 Å². The highest BCUT2D eigenvalue weighted by atomic mass is 32.2. The Balaban J connectivity index is 1.71. The molecule has 0 aliphatic carbocycles. The van der Waals surface area contributed by atoms with Gasteiger partial charge in [0.2, 0.25) is 5.91 Å². The van der Waals surface area contributed by atoms with Gasteiger partial charge in [0.1, 0.15) is 10.7 Å². The van der Waals surface area contributed by atoms with E-state index in [2.05, 4.69) is 37.9 Å². The molecule has 3 aromatic rings. The monoisotopic (exact) mass is 405 g/mol. The summed E-state index contributed by atoms with van der Waals surface area (Å²) in [4.78, 5) is 21.5. The molecule has 7 nitrogen and oxygen atoms in total. The summed E-state index contributed by atoms with van der Waals surface area (Å²) in [6, 6.07) is 0. The summed E-state index contributed by atoms with van der Waals surface area (Å²) < 4.78 is 7.35. The van der Waals surface area contributed by atoms with Crippen LogP contribution in [-0.2, 0) is 9.53 Å². The molecule has 0 radical (unpaired) electrons. The SMILES string of the molecule is Cc1sc2nc(C(C)C)n3c(SCC(=O)N4CCOCC4)nnc3c2c1C. The lowest BCUT2D eigenvalue weighted by atomic mass is 10.2. The molecule has 9 heteroatoms. The number of thiophene rings is 1. The molecule has 1 aliphatic heterocycles. The van der Waals surface area contributed by atoms with Gasteiger partial charge in [-0.25, -0.2) is 4.98 Å². The lowest BCUT2D eigenvalue weighted by molar-refractivity contribution is -0.132. The molecule has 1 aliphatic rings. The Hall–Kier alpha value is -1.71. The largest absolute Gasteiger partial charge is 0.378 e. The molecule has 0 bridgehead atoms. The molecule has 1 fully saturated rings. The number of ether oxygens (including phenoxy) is 1. The molecular formula is C18H23N5O2S2. The normalized spacial score (nSPS) is 15.4. The van der Waals surface area contributed by atoms with E-state index < -0.39 is 0 Å². The summed E-state index contributed by atoms with van der Waals surface area (Å²) in [6.45, 7) is 11.0. The van der Waals surface area contributed by atoms with Crippen LogP contribution in [0.2, 0.25) is 0 Å². The number of carbonyl (C=O) groups is 1. The van der Waals surface area contributed by atoms with E-state index in [0.717, 1.165) is 26.8 Å². The van der Waals surface area contributed by atoms with Gasteiger partial charge in [-0.3, -0.25) is 9.20 Å². The molecule has 0 N–H and O–H groups in total. The molecule has 0 saturated carbocycles.